The highest BCUT2D eigenvalue weighted by atomic mass is 32.2. The summed E-state index contributed by atoms with van der Waals surface area (Å²) in [4.78, 5) is 54.9. The molecule has 2 unspecified atom stereocenters. The molecule has 0 radical (unpaired) electrons. The summed E-state index contributed by atoms with van der Waals surface area (Å²) in [6, 6.07) is -0.999. The highest BCUT2D eigenvalue weighted by molar-refractivity contribution is 8.31. The number of allylic oxidation sites excluding steroid dienone is 2. The van der Waals surface area contributed by atoms with E-state index in [2.05, 4.69) is 15.5 Å². The van der Waals surface area contributed by atoms with Gasteiger partial charge in [0.15, 0.2) is 10.8 Å². The monoisotopic (exact) mass is 595 g/mol. The van der Waals surface area contributed by atoms with Crippen molar-refractivity contribution in [1.29, 1.82) is 0 Å². The van der Waals surface area contributed by atoms with Crippen molar-refractivity contribution >= 4 is 92.1 Å². The number of fused-ring (bicyclic) bond motifs is 2. The Morgan fingerprint density at radius 2 is 2.16 bits per heavy atom. The van der Waals surface area contributed by atoms with Gasteiger partial charge < -0.3 is 21.4 Å². The molecular formula is C21H17N5O6S5. The molecule has 4 aliphatic rings. The molecule has 4 aliphatic heterocycles. The predicted octanol–water partition coefficient (Wildman–Crippen LogP) is 2.39. The topological polar surface area (TPSA) is 175 Å². The number of hydrogen-bond donors (Lipinski definition) is 4. The number of thioether (sulfide) groups is 4. The Morgan fingerprint density at radius 1 is 1.35 bits per heavy atom. The molecule has 0 aliphatic carbocycles. The molecule has 0 spiro atoms. The molecule has 1 fully saturated rings. The van der Waals surface area contributed by atoms with E-state index in [0.29, 0.717) is 17.7 Å². The first-order valence-electron chi connectivity index (χ1n) is 10.5. The Bertz CT molecular complexity index is 1360. The number of thiazole rings is 1. The summed E-state index contributed by atoms with van der Waals surface area (Å²) in [5.41, 5.74) is 6.58. The minimum Gasteiger partial charge on any atom is -0.477 e. The maximum atomic E-state index is 12.9. The van der Waals surface area contributed by atoms with Crippen LogP contribution in [0.15, 0.2) is 54.6 Å². The molecule has 5 heterocycles. The second kappa shape index (κ2) is 10.6. The maximum absolute atomic E-state index is 12.9. The number of carbonyl (C=O) groups is 4. The Hall–Kier alpha value is -2.66. The first-order chi connectivity index (χ1) is 17.8. The predicted molar refractivity (Wildman–Crippen MR) is 146 cm³/mol. The van der Waals surface area contributed by atoms with E-state index in [1.807, 2.05) is 11.5 Å². The van der Waals surface area contributed by atoms with Crippen LogP contribution in [-0.4, -0.2) is 71.2 Å². The first kappa shape index (κ1) is 26.0. The molecule has 11 nitrogen and oxygen atoms in total. The molecule has 0 saturated carbocycles. The van der Waals surface area contributed by atoms with Crippen LogP contribution in [0.5, 0.6) is 0 Å². The van der Waals surface area contributed by atoms with E-state index in [1.54, 1.807) is 11.5 Å². The Labute approximate surface area is 230 Å². The number of β-lactam (4-membered cyclic amide) rings is 1. The van der Waals surface area contributed by atoms with Crippen LogP contribution in [0, 0.1) is 0 Å². The zero-order valence-corrected chi connectivity index (χ0v) is 22.6. The molecule has 5 rings (SSSR count). The molecule has 0 bridgehead atoms. The normalized spacial score (nSPS) is 25.5. The summed E-state index contributed by atoms with van der Waals surface area (Å²) >= 11 is 6.41. The van der Waals surface area contributed by atoms with E-state index in [-0.39, 0.29) is 26.9 Å². The van der Waals surface area contributed by atoms with Crippen LogP contribution in [0.1, 0.15) is 12.1 Å². The lowest BCUT2D eigenvalue weighted by molar-refractivity contribution is -0.150. The quantitative estimate of drug-likeness (QED) is 0.157. The van der Waals surface area contributed by atoms with E-state index < -0.39 is 34.9 Å². The molecule has 0 aromatic carbocycles. The minimum atomic E-state index is -1.26. The number of nitrogen functional groups attached to an aromatic ring is 1. The second-order valence-corrected chi connectivity index (χ2v) is 13.0. The molecule has 5 N–H and O–H groups in total. The van der Waals surface area contributed by atoms with Crippen molar-refractivity contribution in [2.45, 2.75) is 23.1 Å². The zero-order chi connectivity index (χ0) is 26.3. The lowest BCUT2D eigenvalue weighted by Gasteiger charge is -2.49. The molecule has 16 heteroatoms. The van der Waals surface area contributed by atoms with Gasteiger partial charge in [0.05, 0.1) is 4.24 Å². The van der Waals surface area contributed by atoms with Gasteiger partial charge in [0.2, 0.25) is 5.12 Å². The Morgan fingerprint density at radius 3 is 2.86 bits per heavy atom. The smallest absolute Gasteiger partial charge is 0.352 e. The third kappa shape index (κ3) is 4.83. The fraction of sp³-hybridized carbons (Fsp3) is 0.238. The van der Waals surface area contributed by atoms with Crippen LogP contribution in [0.4, 0.5) is 5.13 Å². The molecule has 1 saturated heterocycles. The third-order valence-corrected chi connectivity index (χ3v) is 11.1. The van der Waals surface area contributed by atoms with Gasteiger partial charge in [-0.2, -0.15) is 0 Å². The number of nitrogens with zero attached hydrogens (tertiary/aromatic N) is 3. The van der Waals surface area contributed by atoms with Crippen LogP contribution in [0.25, 0.3) is 0 Å². The highest BCUT2D eigenvalue weighted by Crippen LogP contribution is 2.49. The number of rotatable bonds is 7. The number of hydrogen-bond acceptors (Lipinski definition) is 13. The number of carboxylic acid groups (broad SMARTS) is 1. The standard InChI is InChI=1S/C21H17N5O6S5/c22-21-23-10(7-36-21)11(25-32)15(27)24-12-16(28)26-13(18(29)30)8(6-35-17(12)26)3-5-34-20-9-2-1-4-33-14(9)19(31)37-20/h1,3-5,7,12,14,17,32H,2,6H2,(H2,22,23)(H,24,27)(H,29,30)/t12?,14?,17-/m0/s1. The number of aliphatic carboxylic acids is 1. The van der Waals surface area contributed by atoms with Crippen LogP contribution in [-0.2, 0) is 19.2 Å². The number of oxime groups is 1. The zero-order valence-electron chi connectivity index (χ0n) is 18.5. The molecule has 37 heavy (non-hydrogen) atoms. The summed E-state index contributed by atoms with van der Waals surface area (Å²) in [6.07, 6.45) is 4.37. The van der Waals surface area contributed by atoms with Crippen molar-refractivity contribution in [1.82, 2.24) is 15.2 Å². The number of carbonyl (C=O) groups excluding carboxylic acids is 3. The van der Waals surface area contributed by atoms with Crippen molar-refractivity contribution in [2.24, 2.45) is 5.16 Å². The summed E-state index contributed by atoms with van der Waals surface area (Å²) in [5, 5.41) is 29.2. The molecule has 1 aromatic rings. The summed E-state index contributed by atoms with van der Waals surface area (Å²) in [5.74, 6) is -2.39. The molecule has 2 amide bonds. The number of nitrogens with two attached hydrogens (primary N) is 1. The van der Waals surface area contributed by atoms with Gasteiger partial charge in [0, 0.05) is 11.1 Å². The van der Waals surface area contributed by atoms with Gasteiger partial charge in [0.25, 0.3) is 11.8 Å². The van der Waals surface area contributed by atoms with Crippen molar-refractivity contribution in [2.75, 3.05) is 11.5 Å². The fourth-order valence-corrected chi connectivity index (χ4v) is 9.22. The largest absolute Gasteiger partial charge is 0.477 e. The van der Waals surface area contributed by atoms with Crippen LogP contribution in [0.3, 0.4) is 0 Å². The summed E-state index contributed by atoms with van der Waals surface area (Å²) in [6.45, 7) is 0. The van der Waals surface area contributed by atoms with Gasteiger partial charge in [0.1, 0.15) is 28.1 Å². The van der Waals surface area contributed by atoms with Crippen molar-refractivity contribution < 1.29 is 29.5 Å². The van der Waals surface area contributed by atoms with Gasteiger partial charge in [-0.1, -0.05) is 23.0 Å². The van der Waals surface area contributed by atoms with E-state index in [4.69, 9.17) is 5.73 Å². The van der Waals surface area contributed by atoms with Gasteiger partial charge in [-0.3, -0.25) is 19.3 Å². The molecule has 192 valence electrons. The third-order valence-electron chi connectivity index (χ3n) is 5.65. The van der Waals surface area contributed by atoms with Crippen molar-refractivity contribution in [3.8, 4) is 0 Å². The van der Waals surface area contributed by atoms with Gasteiger partial charge in [-0.05, 0) is 46.2 Å². The number of nitrogens with one attached hydrogen (secondary N) is 1. The van der Waals surface area contributed by atoms with Gasteiger partial charge >= 0.3 is 5.97 Å². The fourth-order valence-electron chi connectivity index (χ4n) is 3.96. The van der Waals surface area contributed by atoms with Gasteiger partial charge in [-0.15, -0.1) is 34.9 Å². The minimum absolute atomic E-state index is 0.0609. The molecule has 1 aromatic heterocycles. The van der Waals surface area contributed by atoms with Crippen LogP contribution in [0.2, 0.25) is 0 Å². The van der Waals surface area contributed by atoms with Crippen LogP contribution >= 0.6 is 58.4 Å². The van der Waals surface area contributed by atoms with E-state index in [9.17, 15) is 29.5 Å². The lowest BCUT2D eigenvalue weighted by Crippen LogP contribution is -2.71. The average molecular weight is 596 g/mol. The Balaban J connectivity index is 1.29. The second-order valence-electron chi connectivity index (χ2n) is 7.81. The number of aromatic nitrogens is 1. The Kier molecular flexibility index (Phi) is 7.44. The van der Waals surface area contributed by atoms with E-state index in [0.717, 1.165) is 26.0 Å². The average Bonchev–Trinajstić information content (AvgIpc) is 3.45. The van der Waals surface area contributed by atoms with Crippen molar-refractivity contribution in [3.05, 3.63) is 55.1 Å². The summed E-state index contributed by atoms with van der Waals surface area (Å²) < 4.78 is 0.896. The summed E-state index contributed by atoms with van der Waals surface area (Å²) in [7, 11) is 0. The first-order valence-corrected chi connectivity index (χ1v) is 15.1. The van der Waals surface area contributed by atoms with Gasteiger partial charge in [-0.25, -0.2) is 9.78 Å². The highest BCUT2D eigenvalue weighted by Gasteiger charge is 2.54. The molecule has 3 atom stereocenters. The number of anilines is 1. The molecular weight excluding hydrogens is 579 g/mol. The SMILES string of the molecule is Nc1nc(C(=NO)C(=O)NC2C(=O)N3C(C(=O)O)=C(C=CSC4=C5CC=CSC5C(=O)S4)CS[C@@H]23)cs1. The number of amides is 2. The van der Waals surface area contributed by atoms with Crippen molar-refractivity contribution in [3.63, 3.8) is 0 Å². The lowest BCUT2D eigenvalue weighted by atomic mass is 10.0. The van der Waals surface area contributed by atoms with E-state index >= 15 is 0 Å². The van der Waals surface area contributed by atoms with Crippen LogP contribution < -0.4 is 11.1 Å². The van der Waals surface area contributed by atoms with E-state index in [1.165, 1.54) is 52.4 Å². The number of carboxylic acids is 1. The maximum Gasteiger partial charge on any atom is 0.352 e.